The Kier molecular flexibility index (Phi) is 7.32. The van der Waals surface area contributed by atoms with Crippen molar-refractivity contribution in [2.75, 3.05) is 12.9 Å². The summed E-state index contributed by atoms with van der Waals surface area (Å²) in [7, 11) is 3.47. The first-order valence-corrected chi connectivity index (χ1v) is 9.55. The molecule has 142 valence electrons. The number of rotatable bonds is 9. The molecule has 1 N–H and O–H groups in total. The maximum atomic E-state index is 11.9. The van der Waals surface area contributed by atoms with Crippen molar-refractivity contribution >= 4 is 17.7 Å². The molecule has 1 amide bonds. The molecule has 26 heavy (non-hydrogen) atoms. The number of nitrogens with zero attached hydrogens (tertiary/aromatic N) is 3. The summed E-state index contributed by atoms with van der Waals surface area (Å²) in [5.74, 6) is 2.29. The van der Waals surface area contributed by atoms with Crippen LogP contribution in [-0.4, -0.2) is 39.6 Å². The molecule has 0 bridgehead atoms. The number of hydrogen-bond acceptors (Lipinski definition) is 6. The van der Waals surface area contributed by atoms with Crippen LogP contribution >= 0.6 is 11.8 Å². The first kappa shape index (κ1) is 20.1. The quantitative estimate of drug-likeness (QED) is 0.676. The van der Waals surface area contributed by atoms with E-state index in [9.17, 15) is 4.79 Å². The summed E-state index contributed by atoms with van der Waals surface area (Å²) >= 11 is 1.36. The van der Waals surface area contributed by atoms with Gasteiger partial charge in [-0.15, -0.1) is 10.2 Å². The van der Waals surface area contributed by atoms with Crippen LogP contribution in [0.1, 0.15) is 39.1 Å². The highest BCUT2D eigenvalue weighted by atomic mass is 32.2. The Morgan fingerprint density at radius 1 is 1.27 bits per heavy atom. The Morgan fingerprint density at radius 3 is 2.62 bits per heavy atom. The molecule has 2 atom stereocenters. The van der Waals surface area contributed by atoms with Gasteiger partial charge >= 0.3 is 0 Å². The maximum absolute atomic E-state index is 11.9. The minimum absolute atomic E-state index is 0.00720. The van der Waals surface area contributed by atoms with Crippen LogP contribution in [0.15, 0.2) is 29.4 Å². The third-order valence-corrected chi connectivity index (χ3v) is 4.98. The van der Waals surface area contributed by atoms with E-state index in [-0.39, 0.29) is 18.1 Å². The van der Waals surface area contributed by atoms with Crippen molar-refractivity contribution in [1.82, 2.24) is 20.1 Å². The van der Waals surface area contributed by atoms with Crippen molar-refractivity contribution in [1.29, 1.82) is 0 Å². The Hall–Kier alpha value is -2.22. The third-order valence-electron chi connectivity index (χ3n) is 3.96. The molecule has 0 aliphatic heterocycles. The number of carbonyl (C=O) groups is 1. The van der Waals surface area contributed by atoms with Crippen LogP contribution in [0.5, 0.6) is 11.5 Å². The minimum Gasteiger partial charge on any atom is -0.493 e. The predicted octanol–water partition coefficient (Wildman–Crippen LogP) is 2.97. The summed E-state index contributed by atoms with van der Waals surface area (Å²) in [6, 6.07) is 7.64. The number of aromatic nitrogens is 3. The summed E-state index contributed by atoms with van der Waals surface area (Å²) in [6.45, 7) is 5.93. The summed E-state index contributed by atoms with van der Waals surface area (Å²) in [5.41, 5.74) is 0. The van der Waals surface area contributed by atoms with Crippen LogP contribution in [0.2, 0.25) is 0 Å². The highest BCUT2D eigenvalue weighted by Gasteiger charge is 2.19. The summed E-state index contributed by atoms with van der Waals surface area (Å²) < 4.78 is 13.1. The predicted molar refractivity (Wildman–Crippen MR) is 102 cm³/mol. The number of nitrogens with one attached hydrogen (secondary N) is 1. The number of methoxy groups -OCH3 is 1. The van der Waals surface area contributed by atoms with E-state index in [4.69, 9.17) is 9.47 Å². The van der Waals surface area contributed by atoms with E-state index < -0.39 is 0 Å². The van der Waals surface area contributed by atoms with Gasteiger partial charge in [0.25, 0.3) is 0 Å². The van der Waals surface area contributed by atoms with Crippen LogP contribution in [0, 0.1) is 0 Å². The average molecular weight is 378 g/mol. The molecule has 0 saturated heterocycles. The monoisotopic (exact) mass is 378 g/mol. The van der Waals surface area contributed by atoms with Gasteiger partial charge in [0, 0.05) is 13.1 Å². The molecule has 0 radical (unpaired) electrons. The molecular formula is C18H26N4O3S. The Balaban J connectivity index is 2.00. The largest absolute Gasteiger partial charge is 0.493 e. The van der Waals surface area contributed by atoms with Gasteiger partial charge < -0.3 is 19.4 Å². The molecule has 1 heterocycles. The highest BCUT2D eigenvalue weighted by molar-refractivity contribution is 7.99. The molecule has 7 nitrogen and oxygen atoms in total. The average Bonchev–Trinajstić information content (AvgIpc) is 3.01. The lowest BCUT2D eigenvalue weighted by Crippen LogP contribution is -2.33. The normalized spacial score (nSPS) is 13.1. The number of carbonyl (C=O) groups excluding carboxylic acids is 1. The van der Waals surface area contributed by atoms with Crippen molar-refractivity contribution in [3.63, 3.8) is 0 Å². The van der Waals surface area contributed by atoms with E-state index in [1.165, 1.54) is 11.8 Å². The molecule has 0 fully saturated rings. The van der Waals surface area contributed by atoms with Gasteiger partial charge in [-0.3, -0.25) is 4.79 Å². The van der Waals surface area contributed by atoms with E-state index in [1.54, 1.807) is 7.11 Å². The van der Waals surface area contributed by atoms with Crippen LogP contribution in [0.3, 0.4) is 0 Å². The number of thioether (sulfide) groups is 1. The zero-order valence-corrected chi connectivity index (χ0v) is 16.7. The lowest BCUT2D eigenvalue weighted by atomic mass is 10.3. The number of hydrogen-bond donors (Lipinski definition) is 1. The Morgan fingerprint density at radius 2 is 1.96 bits per heavy atom. The minimum atomic E-state index is -0.313. The third kappa shape index (κ3) is 5.14. The molecule has 0 saturated carbocycles. The number of benzene rings is 1. The van der Waals surface area contributed by atoms with Crippen LogP contribution < -0.4 is 14.8 Å². The van der Waals surface area contributed by atoms with Crippen LogP contribution in [0.4, 0.5) is 0 Å². The smallest absolute Gasteiger partial charge is 0.230 e. The first-order chi connectivity index (χ1) is 12.5. The van der Waals surface area contributed by atoms with Crippen molar-refractivity contribution in [2.45, 2.75) is 44.5 Å². The van der Waals surface area contributed by atoms with Crippen molar-refractivity contribution in [3.05, 3.63) is 30.1 Å². The molecule has 0 aliphatic carbocycles. The molecule has 1 aromatic carbocycles. The topological polar surface area (TPSA) is 78.3 Å². The summed E-state index contributed by atoms with van der Waals surface area (Å²) in [6.07, 6.45) is 0.592. The SMILES string of the molecule is CCC(C)NC(=O)CSc1nnc(C(C)Oc2ccccc2OC)n1C. The van der Waals surface area contributed by atoms with Gasteiger partial charge in [-0.05, 0) is 32.4 Å². The standard InChI is InChI=1S/C18H26N4O3S/c1-6-12(2)19-16(23)11-26-18-21-20-17(22(18)4)13(3)25-15-10-8-7-9-14(15)24-5/h7-10,12-13H,6,11H2,1-5H3,(H,19,23). The van der Waals surface area contributed by atoms with Crippen molar-refractivity contribution < 1.29 is 14.3 Å². The Bertz CT molecular complexity index is 735. The van der Waals surface area contributed by atoms with Crippen molar-refractivity contribution in [2.24, 2.45) is 7.05 Å². The highest BCUT2D eigenvalue weighted by Crippen LogP contribution is 2.30. The molecule has 2 unspecified atom stereocenters. The van der Waals surface area contributed by atoms with Crippen molar-refractivity contribution in [3.8, 4) is 11.5 Å². The molecule has 0 aliphatic rings. The second-order valence-corrected chi connectivity index (χ2v) is 6.92. The summed E-state index contributed by atoms with van der Waals surface area (Å²) in [4.78, 5) is 11.9. The number of ether oxygens (including phenoxy) is 2. The van der Waals surface area contributed by atoms with E-state index in [0.29, 0.717) is 28.2 Å². The van der Waals surface area contributed by atoms with Gasteiger partial charge in [0.1, 0.15) is 0 Å². The fraction of sp³-hybridized carbons (Fsp3) is 0.500. The zero-order valence-electron chi connectivity index (χ0n) is 15.9. The second kappa shape index (κ2) is 9.47. The lowest BCUT2D eigenvalue weighted by molar-refractivity contribution is -0.119. The molecule has 1 aromatic heterocycles. The second-order valence-electron chi connectivity index (χ2n) is 5.98. The van der Waals surface area contributed by atoms with Gasteiger partial charge in [0.15, 0.2) is 28.6 Å². The van der Waals surface area contributed by atoms with Crippen LogP contribution in [0.25, 0.3) is 0 Å². The molecular weight excluding hydrogens is 352 g/mol. The number of para-hydroxylation sites is 2. The van der Waals surface area contributed by atoms with E-state index in [2.05, 4.69) is 15.5 Å². The number of amides is 1. The zero-order chi connectivity index (χ0) is 19.1. The fourth-order valence-corrected chi connectivity index (χ4v) is 3.04. The van der Waals surface area contributed by atoms with Gasteiger partial charge in [-0.25, -0.2) is 0 Å². The molecule has 2 aromatic rings. The summed E-state index contributed by atoms with van der Waals surface area (Å²) in [5, 5.41) is 12.0. The van der Waals surface area contributed by atoms with E-state index >= 15 is 0 Å². The van der Waals surface area contributed by atoms with Gasteiger partial charge in [0.05, 0.1) is 12.9 Å². The molecule has 2 rings (SSSR count). The first-order valence-electron chi connectivity index (χ1n) is 8.57. The molecule has 8 heteroatoms. The maximum Gasteiger partial charge on any atom is 0.230 e. The molecule has 0 spiro atoms. The lowest BCUT2D eigenvalue weighted by Gasteiger charge is -2.16. The van der Waals surface area contributed by atoms with Gasteiger partial charge in [0.2, 0.25) is 5.91 Å². The Labute approximate surface area is 158 Å². The van der Waals surface area contributed by atoms with E-state index in [1.807, 2.05) is 56.7 Å². The van der Waals surface area contributed by atoms with Gasteiger partial charge in [-0.2, -0.15) is 0 Å². The fourth-order valence-electron chi connectivity index (χ4n) is 2.31. The van der Waals surface area contributed by atoms with Gasteiger partial charge in [-0.1, -0.05) is 30.8 Å². The van der Waals surface area contributed by atoms with Crippen LogP contribution in [-0.2, 0) is 11.8 Å². The van der Waals surface area contributed by atoms with E-state index in [0.717, 1.165) is 6.42 Å².